The van der Waals surface area contributed by atoms with Crippen LogP contribution in [0, 0.1) is 36.0 Å². The van der Waals surface area contributed by atoms with Crippen molar-refractivity contribution in [2.24, 2.45) is 23.7 Å². The molecule has 0 amide bonds. The van der Waals surface area contributed by atoms with Crippen LogP contribution in [0.3, 0.4) is 0 Å². The van der Waals surface area contributed by atoms with Gasteiger partial charge in [-0.3, -0.25) is 4.79 Å². The summed E-state index contributed by atoms with van der Waals surface area (Å²) in [4.78, 5) is 26.4. The van der Waals surface area contributed by atoms with Crippen molar-refractivity contribution >= 4 is 12.1 Å². The maximum absolute atomic E-state index is 12.9. The Morgan fingerprint density at radius 1 is 1.00 bits per heavy atom. The highest BCUT2D eigenvalue weighted by molar-refractivity contribution is 5.91. The molecule has 2 aliphatic heterocycles. The lowest BCUT2D eigenvalue weighted by atomic mass is 9.83. The highest BCUT2D eigenvalue weighted by Crippen LogP contribution is 2.37. The van der Waals surface area contributed by atoms with E-state index in [0.717, 1.165) is 109 Å². The van der Waals surface area contributed by atoms with Gasteiger partial charge in [-0.05, 0) is 128 Å². The average molecular weight is 862 g/mol. The number of carbonyl (C=O) groups is 2. The molecule has 9 atom stereocenters. The van der Waals surface area contributed by atoms with E-state index in [4.69, 9.17) is 35.6 Å². The average Bonchev–Trinajstić information content (AvgIpc) is 4.11. The third-order valence-electron chi connectivity index (χ3n) is 11.4. The number of ketones is 1. The molecule has 0 radical (unpaired) electrons. The number of carbonyl (C=O) groups excluding carboxylic acids is 2. The first-order valence-corrected chi connectivity index (χ1v) is 24.1. The first kappa shape index (κ1) is 60.8. The zero-order valence-electron chi connectivity index (χ0n) is 41.5. The number of hydrogen-bond donors (Lipinski definition) is 2. The van der Waals surface area contributed by atoms with E-state index < -0.39 is 0 Å². The summed E-state index contributed by atoms with van der Waals surface area (Å²) in [6, 6.07) is 0.279. The standard InChI is InChI=1S/C32H50O5.C13H25NO2.C4H10.C2H6.CH4O/c1-6-30-28(21-35-32-9-7-8-25(5)36-32)19-23(3)10-14-29(34)24(4)20-26(16-17-33)18-22(2)11-15-31(37-30)27-12-13-27;1-5-7-8-11-16-13(6-2)12(9-10-15)14(3)4;1-3-4-2;2*1-2/h10,14,17,19,22,24-26,28,30,32H,6-9,11-13,15-16,18,20-21H2,1-5H3;1,12-13,15H,6-11H2,2-4H3;3-4H2,1-2H3;1-2H3;2H,1H3/b14-10+,23-19+;;;;/t22-,24+,25?,26+,28?,30+,32?;12?,13-;;;/m01.../s1. The van der Waals surface area contributed by atoms with Gasteiger partial charge in [0.2, 0.25) is 0 Å². The third-order valence-corrected chi connectivity index (χ3v) is 11.4. The minimum atomic E-state index is -0.158. The van der Waals surface area contributed by atoms with Crippen molar-refractivity contribution in [2.45, 2.75) is 209 Å². The summed E-state index contributed by atoms with van der Waals surface area (Å²) in [5, 5.41) is 16.0. The van der Waals surface area contributed by atoms with Gasteiger partial charge in [0, 0.05) is 57.5 Å². The number of allylic oxidation sites excluding steroid dienone is 5. The lowest BCUT2D eigenvalue weighted by Gasteiger charge is -2.31. The SMILES string of the molecule is C#CCCCO[C@H](CC)C(CCO)N(C)C.CC.CCCC.CC[C@H]1OC(=C2CC2)CC[C@H](C)C[C@@H](CC=O)C[C@@H](C)C(=O)/C=C/C(C)=C/C1COC1CCCC(C)O1.CO. The van der Waals surface area contributed by atoms with E-state index >= 15 is 0 Å². The van der Waals surface area contributed by atoms with Gasteiger partial charge in [-0.1, -0.05) is 86.0 Å². The molecule has 4 unspecified atom stereocenters. The van der Waals surface area contributed by atoms with Crippen LogP contribution in [0.25, 0.3) is 0 Å². The summed E-state index contributed by atoms with van der Waals surface area (Å²) in [6.45, 7) is 22.5. The number of nitrogens with zero attached hydrogens (tertiary/aromatic N) is 1. The van der Waals surface area contributed by atoms with E-state index in [2.05, 4.69) is 58.4 Å². The molecule has 0 spiro atoms. The maximum Gasteiger partial charge on any atom is 0.158 e. The van der Waals surface area contributed by atoms with Crippen LogP contribution in [0.1, 0.15) is 178 Å². The van der Waals surface area contributed by atoms with Crippen LogP contribution in [0.4, 0.5) is 0 Å². The van der Waals surface area contributed by atoms with Gasteiger partial charge in [0.05, 0.1) is 24.6 Å². The first-order valence-electron chi connectivity index (χ1n) is 24.1. The normalized spacial score (nSPS) is 26.9. The van der Waals surface area contributed by atoms with E-state index in [1.54, 1.807) is 6.08 Å². The quantitative estimate of drug-likeness (QED) is 0.0889. The second-order valence-electron chi connectivity index (χ2n) is 17.0. The Morgan fingerprint density at radius 3 is 2.20 bits per heavy atom. The Kier molecular flexibility index (Phi) is 39.1. The van der Waals surface area contributed by atoms with Crippen molar-refractivity contribution in [3.8, 4) is 12.3 Å². The molecule has 0 aromatic heterocycles. The molecule has 1 aliphatic carbocycles. The molecule has 1 saturated heterocycles. The molecule has 2 N–H and O–H groups in total. The van der Waals surface area contributed by atoms with Gasteiger partial charge in [0.25, 0.3) is 0 Å². The van der Waals surface area contributed by atoms with Gasteiger partial charge in [0.15, 0.2) is 12.1 Å². The predicted octanol–water partition coefficient (Wildman–Crippen LogP) is 11.4. The van der Waals surface area contributed by atoms with Crippen molar-refractivity contribution in [2.75, 3.05) is 41.0 Å². The Bertz CT molecular complexity index is 1210. The van der Waals surface area contributed by atoms with E-state index in [-0.39, 0.29) is 60.8 Å². The fourth-order valence-electron chi connectivity index (χ4n) is 7.58. The highest BCUT2D eigenvalue weighted by atomic mass is 16.7. The molecular formula is C52H95NO8. The van der Waals surface area contributed by atoms with E-state index in [0.29, 0.717) is 25.6 Å². The molecule has 0 aromatic carbocycles. The minimum absolute atomic E-state index is 0.00751. The first-order chi connectivity index (χ1) is 29.4. The summed E-state index contributed by atoms with van der Waals surface area (Å²) in [6.07, 6.45) is 28.9. The fraction of sp³-hybridized carbons (Fsp3) is 0.808. The van der Waals surface area contributed by atoms with Crippen LogP contribution in [0.5, 0.6) is 0 Å². The van der Waals surface area contributed by atoms with E-state index in [1.165, 1.54) is 24.2 Å². The minimum Gasteiger partial charge on any atom is -0.494 e. The van der Waals surface area contributed by atoms with Gasteiger partial charge >= 0.3 is 0 Å². The smallest absolute Gasteiger partial charge is 0.158 e. The number of hydrogen-bond acceptors (Lipinski definition) is 9. The molecule has 9 heteroatoms. The highest BCUT2D eigenvalue weighted by Gasteiger charge is 2.29. The van der Waals surface area contributed by atoms with Crippen LogP contribution in [0.15, 0.2) is 35.1 Å². The Labute approximate surface area is 375 Å². The fourth-order valence-corrected chi connectivity index (χ4v) is 7.58. The second kappa shape index (κ2) is 39.3. The molecule has 0 aromatic rings. The molecule has 3 rings (SSSR count). The molecule has 2 fully saturated rings. The van der Waals surface area contributed by atoms with Crippen molar-refractivity contribution < 1.29 is 38.7 Å². The number of aliphatic hydroxyl groups excluding tert-OH is 2. The van der Waals surface area contributed by atoms with Crippen molar-refractivity contribution in [3.63, 3.8) is 0 Å². The van der Waals surface area contributed by atoms with E-state index in [9.17, 15) is 9.59 Å². The van der Waals surface area contributed by atoms with Gasteiger partial charge in [-0.15, -0.1) is 12.3 Å². The molecule has 61 heavy (non-hydrogen) atoms. The molecule has 356 valence electrons. The summed E-state index contributed by atoms with van der Waals surface area (Å²) in [5.74, 6) is 4.61. The van der Waals surface area contributed by atoms with Crippen LogP contribution in [0.2, 0.25) is 0 Å². The van der Waals surface area contributed by atoms with Gasteiger partial charge in [0.1, 0.15) is 12.4 Å². The molecule has 3 aliphatic rings. The van der Waals surface area contributed by atoms with Crippen LogP contribution in [-0.2, 0) is 28.5 Å². The van der Waals surface area contributed by atoms with Crippen LogP contribution in [-0.4, -0.2) is 98.9 Å². The van der Waals surface area contributed by atoms with Gasteiger partial charge in [-0.2, -0.15) is 0 Å². The number of unbranched alkanes of at least 4 members (excludes halogenated alkanes) is 2. The lowest BCUT2D eigenvalue weighted by Crippen LogP contribution is -2.41. The predicted molar refractivity (Wildman–Crippen MR) is 255 cm³/mol. The van der Waals surface area contributed by atoms with Crippen LogP contribution >= 0.6 is 0 Å². The second-order valence-corrected chi connectivity index (χ2v) is 17.0. The number of aliphatic hydroxyl groups is 2. The summed E-state index contributed by atoms with van der Waals surface area (Å²) < 4.78 is 24.9. The van der Waals surface area contributed by atoms with Crippen LogP contribution < -0.4 is 0 Å². The van der Waals surface area contributed by atoms with Gasteiger partial charge < -0.3 is 38.9 Å². The third kappa shape index (κ3) is 28.9. The zero-order chi connectivity index (χ0) is 46.6. The molecule has 1 saturated carbocycles. The van der Waals surface area contributed by atoms with Crippen molar-refractivity contribution in [1.82, 2.24) is 4.90 Å². The number of terminal acetylenes is 1. The number of aldehydes is 1. The van der Waals surface area contributed by atoms with Crippen molar-refractivity contribution in [3.05, 3.63) is 35.1 Å². The van der Waals surface area contributed by atoms with Crippen molar-refractivity contribution in [1.29, 1.82) is 0 Å². The Morgan fingerprint density at radius 2 is 1.67 bits per heavy atom. The molecular weight excluding hydrogens is 767 g/mol. The monoisotopic (exact) mass is 862 g/mol. The Balaban J connectivity index is 0. The summed E-state index contributed by atoms with van der Waals surface area (Å²) in [5.41, 5.74) is 2.50. The molecule has 0 bridgehead atoms. The largest absolute Gasteiger partial charge is 0.494 e. The maximum atomic E-state index is 12.9. The zero-order valence-corrected chi connectivity index (χ0v) is 41.5. The summed E-state index contributed by atoms with van der Waals surface area (Å²) >= 11 is 0. The topological polar surface area (TPSA) is 115 Å². The summed E-state index contributed by atoms with van der Waals surface area (Å²) in [7, 11) is 5.04. The number of ether oxygens (including phenoxy) is 4. The molecule has 2 heterocycles. The molecule has 9 nitrogen and oxygen atoms in total. The Hall–Kier alpha value is -2.32. The lowest BCUT2D eigenvalue weighted by molar-refractivity contribution is -0.196. The number of likely N-dealkylation sites (N-methyl/N-ethyl adjacent to an activating group) is 1. The van der Waals surface area contributed by atoms with E-state index in [1.807, 2.05) is 47.9 Å². The van der Waals surface area contributed by atoms with Gasteiger partial charge in [-0.25, -0.2) is 0 Å². The number of rotatable bonds is 16.